The van der Waals surface area contributed by atoms with Crippen LogP contribution < -0.4 is 11.1 Å². The van der Waals surface area contributed by atoms with Gasteiger partial charge < -0.3 is 11.1 Å². The zero-order valence-corrected chi connectivity index (χ0v) is 17.0. The van der Waals surface area contributed by atoms with E-state index in [0.29, 0.717) is 11.3 Å². The summed E-state index contributed by atoms with van der Waals surface area (Å²) in [5.41, 5.74) is 6.61. The van der Waals surface area contributed by atoms with E-state index in [1.165, 1.54) is 12.1 Å². The molecule has 1 amide bonds. The number of carbonyl (C=O) groups is 1. The van der Waals surface area contributed by atoms with E-state index in [4.69, 9.17) is 5.73 Å². The number of carbonyl (C=O) groups excluding carboxylic acids is 1. The zero-order chi connectivity index (χ0) is 20.3. The number of sulfone groups is 1. The quantitative estimate of drug-likeness (QED) is 0.449. The highest BCUT2D eigenvalue weighted by Crippen LogP contribution is 2.28. The molecule has 0 spiro atoms. The van der Waals surface area contributed by atoms with Gasteiger partial charge in [0.2, 0.25) is 15.7 Å². The summed E-state index contributed by atoms with van der Waals surface area (Å²) in [4.78, 5) is 19.8. The summed E-state index contributed by atoms with van der Waals surface area (Å²) in [5.74, 6) is -1.03. The molecule has 11 heteroatoms. The van der Waals surface area contributed by atoms with Crippen LogP contribution in [0.5, 0.6) is 0 Å². The Bertz CT molecular complexity index is 1120. The van der Waals surface area contributed by atoms with Crippen LogP contribution in [0.2, 0.25) is 0 Å². The van der Waals surface area contributed by atoms with Crippen molar-refractivity contribution in [3.05, 3.63) is 53.3 Å². The third-order valence-electron chi connectivity index (χ3n) is 3.60. The third-order valence-corrected chi connectivity index (χ3v) is 7.63. The third kappa shape index (κ3) is 4.49. The maximum Gasteiger partial charge on any atom is 0.234 e. The molecule has 3 aromatic rings. The number of hydrogen-bond acceptors (Lipinski definition) is 8. The van der Waals surface area contributed by atoms with Crippen molar-refractivity contribution >= 4 is 50.3 Å². The molecule has 0 saturated heterocycles. The standard InChI is InChI=1S/C17H15FN4O3S3/c1-10-4-5-11(7-12(10)18)21-14(23)9-27-17-20-8-13(16(19)22-17)28(24,25)15-3-2-6-26-15/h2-8H,9H2,1H3,(H,21,23)(H2,19,20,22). The van der Waals surface area contributed by atoms with Gasteiger partial charge in [-0.25, -0.2) is 22.8 Å². The minimum absolute atomic E-state index is 0.0496. The molecule has 2 aromatic heterocycles. The van der Waals surface area contributed by atoms with Crippen LogP contribution >= 0.6 is 23.1 Å². The summed E-state index contributed by atoms with van der Waals surface area (Å²) >= 11 is 2.06. The van der Waals surface area contributed by atoms with Gasteiger partial charge in [0.1, 0.15) is 20.7 Å². The minimum Gasteiger partial charge on any atom is -0.382 e. The van der Waals surface area contributed by atoms with Crippen molar-refractivity contribution in [3.63, 3.8) is 0 Å². The first-order chi connectivity index (χ1) is 13.3. The lowest BCUT2D eigenvalue weighted by molar-refractivity contribution is -0.113. The Labute approximate surface area is 169 Å². The summed E-state index contributed by atoms with van der Waals surface area (Å²) in [7, 11) is -3.78. The lowest BCUT2D eigenvalue weighted by Crippen LogP contribution is -2.15. The fourth-order valence-corrected chi connectivity index (χ4v) is 5.17. The molecule has 7 nitrogen and oxygen atoms in total. The van der Waals surface area contributed by atoms with Crippen molar-refractivity contribution in [1.82, 2.24) is 9.97 Å². The zero-order valence-electron chi connectivity index (χ0n) is 14.5. The SMILES string of the molecule is Cc1ccc(NC(=O)CSc2ncc(S(=O)(=O)c3cccs3)c(N)n2)cc1F. The Kier molecular flexibility index (Phi) is 5.96. The molecule has 0 radical (unpaired) electrons. The van der Waals surface area contributed by atoms with Crippen molar-refractivity contribution in [3.8, 4) is 0 Å². The number of nitrogens with one attached hydrogen (secondary N) is 1. The van der Waals surface area contributed by atoms with E-state index >= 15 is 0 Å². The van der Waals surface area contributed by atoms with E-state index in [2.05, 4.69) is 15.3 Å². The van der Waals surface area contributed by atoms with Crippen LogP contribution in [0.3, 0.4) is 0 Å². The number of aryl methyl sites for hydroxylation is 1. The molecule has 0 aliphatic carbocycles. The van der Waals surface area contributed by atoms with E-state index < -0.39 is 15.7 Å². The van der Waals surface area contributed by atoms with Crippen LogP contribution in [0.1, 0.15) is 5.56 Å². The molecule has 0 aliphatic heterocycles. The Morgan fingerprint density at radius 3 is 2.79 bits per heavy atom. The molecule has 28 heavy (non-hydrogen) atoms. The van der Waals surface area contributed by atoms with Crippen molar-refractivity contribution in [2.75, 3.05) is 16.8 Å². The van der Waals surface area contributed by atoms with Gasteiger partial charge in [-0.2, -0.15) is 0 Å². The number of nitrogen functional groups attached to an aromatic ring is 1. The van der Waals surface area contributed by atoms with Crippen LogP contribution in [0.4, 0.5) is 15.9 Å². The minimum atomic E-state index is -3.78. The number of aromatic nitrogens is 2. The molecular formula is C17H15FN4O3S3. The molecule has 0 unspecified atom stereocenters. The summed E-state index contributed by atoms with van der Waals surface area (Å²) in [6.07, 6.45) is 1.13. The summed E-state index contributed by atoms with van der Waals surface area (Å²) in [6, 6.07) is 7.49. The number of nitrogens with zero attached hydrogens (tertiary/aromatic N) is 2. The molecule has 0 atom stereocenters. The van der Waals surface area contributed by atoms with Crippen molar-refractivity contribution in [2.45, 2.75) is 21.2 Å². The van der Waals surface area contributed by atoms with Gasteiger partial charge in [0.15, 0.2) is 5.16 Å². The Morgan fingerprint density at radius 2 is 2.14 bits per heavy atom. The molecule has 1 aromatic carbocycles. The summed E-state index contributed by atoms with van der Waals surface area (Å²) < 4.78 is 38.7. The van der Waals surface area contributed by atoms with Crippen LogP contribution in [-0.2, 0) is 14.6 Å². The highest BCUT2D eigenvalue weighted by atomic mass is 32.2. The average molecular weight is 439 g/mol. The van der Waals surface area contributed by atoms with Gasteiger partial charge in [-0.1, -0.05) is 23.9 Å². The number of anilines is 2. The monoisotopic (exact) mass is 438 g/mol. The molecule has 3 rings (SSSR count). The van der Waals surface area contributed by atoms with Crippen LogP contribution in [0, 0.1) is 12.7 Å². The number of thioether (sulfide) groups is 1. The van der Waals surface area contributed by atoms with Gasteiger partial charge in [0, 0.05) is 5.69 Å². The second-order valence-corrected chi connectivity index (χ2v) is 9.67. The Morgan fingerprint density at radius 1 is 1.36 bits per heavy atom. The number of amides is 1. The molecule has 3 N–H and O–H groups in total. The predicted molar refractivity (Wildman–Crippen MR) is 107 cm³/mol. The maximum absolute atomic E-state index is 13.5. The van der Waals surface area contributed by atoms with Gasteiger partial charge in [0.05, 0.1) is 11.9 Å². The van der Waals surface area contributed by atoms with E-state index in [1.807, 2.05) is 0 Å². The second kappa shape index (κ2) is 8.25. The van der Waals surface area contributed by atoms with Gasteiger partial charge in [-0.05, 0) is 36.1 Å². The molecule has 0 aliphatic rings. The summed E-state index contributed by atoms with van der Waals surface area (Å²) in [5, 5.41) is 4.37. The van der Waals surface area contributed by atoms with Crippen LogP contribution in [0.25, 0.3) is 0 Å². The molecule has 146 valence electrons. The Balaban J connectivity index is 1.66. The fraction of sp³-hybridized carbons (Fsp3) is 0.118. The molecule has 0 bridgehead atoms. The number of nitrogens with two attached hydrogens (primary N) is 1. The average Bonchev–Trinajstić information content (AvgIpc) is 3.18. The Hall–Kier alpha value is -2.50. The first-order valence-electron chi connectivity index (χ1n) is 7.87. The van der Waals surface area contributed by atoms with E-state index in [-0.39, 0.29) is 31.7 Å². The molecule has 0 saturated carbocycles. The fourth-order valence-electron chi connectivity index (χ4n) is 2.17. The molecular weight excluding hydrogens is 423 g/mol. The number of halogens is 1. The predicted octanol–water partition coefficient (Wildman–Crippen LogP) is 3.13. The lowest BCUT2D eigenvalue weighted by atomic mass is 10.2. The van der Waals surface area contributed by atoms with Crippen LogP contribution in [0.15, 0.2) is 56.2 Å². The van der Waals surface area contributed by atoms with Crippen molar-refractivity contribution < 1.29 is 17.6 Å². The topological polar surface area (TPSA) is 115 Å². The highest BCUT2D eigenvalue weighted by molar-refractivity contribution is 7.99. The first-order valence-corrected chi connectivity index (χ1v) is 11.2. The second-order valence-electron chi connectivity index (χ2n) is 5.64. The first kappa shape index (κ1) is 20.2. The van der Waals surface area contributed by atoms with Crippen molar-refractivity contribution in [2.24, 2.45) is 0 Å². The summed E-state index contributed by atoms with van der Waals surface area (Å²) in [6.45, 7) is 1.63. The number of benzene rings is 1. The van der Waals surface area contributed by atoms with E-state index in [1.54, 1.807) is 30.5 Å². The van der Waals surface area contributed by atoms with E-state index in [0.717, 1.165) is 29.3 Å². The number of hydrogen-bond donors (Lipinski definition) is 2. The molecule has 2 heterocycles. The van der Waals surface area contributed by atoms with Gasteiger partial charge >= 0.3 is 0 Å². The van der Waals surface area contributed by atoms with E-state index in [9.17, 15) is 17.6 Å². The largest absolute Gasteiger partial charge is 0.382 e. The lowest BCUT2D eigenvalue weighted by Gasteiger charge is -2.08. The maximum atomic E-state index is 13.5. The number of thiophene rings is 1. The van der Waals surface area contributed by atoms with Gasteiger partial charge in [0.25, 0.3) is 0 Å². The smallest absolute Gasteiger partial charge is 0.234 e. The highest BCUT2D eigenvalue weighted by Gasteiger charge is 2.23. The molecule has 0 fully saturated rings. The van der Waals surface area contributed by atoms with Crippen LogP contribution in [-0.4, -0.2) is 30.0 Å². The van der Waals surface area contributed by atoms with Gasteiger partial charge in [-0.15, -0.1) is 11.3 Å². The normalized spacial score (nSPS) is 11.4. The van der Waals surface area contributed by atoms with Gasteiger partial charge in [-0.3, -0.25) is 4.79 Å². The van der Waals surface area contributed by atoms with Crippen molar-refractivity contribution in [1.29, 1.82) is 0 Å². The number of rotatable bonds is 6.